The molecule has 3 nitrogen and oxygen atoms in total. The number of benzene rings is 2. The van der Waals surface area contributed by atoms with Gasteiger partial charge in [-0.2, -0.15) is 0 Å². The van der Waals surface area contributed by atoms with Crippen molar-refractivity contribution in [3.63, 3.8) is 0 Å². The molecule has 3 aromatic rings. The van der Waals surface area contributed by atoms with Crippen LogP contribution >= 0.6 is 11.6 Å². The Morgan fingerprint density at radius 3 is 2.60 bits per heavy atom. The van der Waals surface area contributed by atoms with Gasteiger partial charge in [-0.05, 0) is 29.8 Å². The van der Waals surface area contributed by atoms with Crippen molar-refractivity contribution in [3.05, 3.63) is 75.5 Å². The van der Waals surface area contributed by atoms with Crippen molar-refractivity contribution in [2.45, 2.75) is 6.61 Å². The minimum atomic E-state index is -0.139. The second-order valence-electron chi connectivity index (χ2n) is 4.46. The molecule has 0 aliphatic carbocycles. The van der Waals surface area contributed by atoms with Crippen molar-refractivity contribution in [1.82, 2.24) is 4.98 Å². The summed E-state index contributed by atoms with van der Waals surface area (Å²) in [6.45, 7) is 0.424. The lowest BCUT2D eigenvalue weighted by Crippen LogP contribution is -2.04. The van der Waals surface area contributed by atoms with Gasteiger partial charge in [0, 0.05) is 16.5 Å². The van der Waals surface area contributed by atoms with Crippen LogP contribution in [0.25, 0.3) is 10.9 Å². The summed E-state index contributed by atoms with van der Waals surface area (Å²) in [5, 5.41) is 1.64. The van der Waals surface area contributed by atoms with E-state index in [1.54, 1.807) is 6.07 Å². The van der Waals surface area contributed by atoms with E-state index >= 15 is 0 Å². The molecule has 0 bridgehead atoms. The van der Waals surface area contributed by atoms with Crippen LogP contribution < -0.4 is 10.3 Å². The zero-order valence-corrected chi connectivity index (χ0v) is 11.4. The fraction of sp³-hybridized carbons (Fsp3) is 0.0625. The van der Waals surface area contributed by atoms with E-state index in [4.69, 9.17) is 16.3 Å². The number of rotatable bonds is 3. The Kier molecular flexibility index (Phi) is 3.44. The molecule has 0 radical (unpaired) electrons. The maximum Gasteiger partial charge on any atom is 0.248 e. The number of aromatic nitrogens is 1. The number of halogens is 1. The van der Waals surface area contributed by atoms with Gasteiger partial charge in [-0.25, -0.2) is 0 Å². The molecule has 1 aromatic heterocycles. The van der Waals surface area contributed by atoms with Crippen LogP contribution in [0, 0.1) is 0 Å². The highest BCUT2D eigenvalue weighted by Gasteiger charge is 2.03. The number of H-pyrrole nitrogens is 1. The van der Waals surface area contributed by atoms with E-state index in [9.17, 15) is 4.79 Å². The largest absolute Gasteiger partial charge is 0.487 e. The molecule has 0 fully saturated rings. The van der Waals surface area contributed by atoms with Gasteiger partial charge in [0.05, 0.1) is 5.52 Å². The number of ether oxygens (including phenoxy) is 1. The van der Waals surface area contributed by atoms with Gasteiger partial charge in [0.15, 0.2) is 0 Å². The number of para-hydroxylation sites is 1. The van der Waals surface area contributed by atoms with Crippen molar-refractivity contribution in [2.75, 3.05) is 0 Å². The lowest BCUT2D eigenvalue weighted by Gasteiger charge is -2.09. The van der Waals surface area contributed by atoms with Crippen LogP contribution in [0.1, 0.15) is 5.56 Å². The molecule has 0 amide bonds. The Bertz CT molecular complexity index is 793. The zero-order chi connectivity index (χ0) is 13.9. The minimum Gasteiger partial charge on any atom is -0.487 e. The fourth-order valence-electron chi connectivity index (χ4n) is 2.01. The molecule has 0 saturated carbocycles. The van der Waals surface area contributed by atoms with Crippen LogP contribution in [-0.2, 0) is 6.61 Å². The topological polar surface area (TPSA) is 42.1 Å². The van der Waals surface area contributed by atoms with Crippen molar-refractivity contribution in [1.29, 1.82) is 0 Å². The zero-order valence-electron chi connectivity index (χ0n) is 10.6. The van der Waals surface area contributed by atoms with Gasteiger partial charge in [-0.1, -0.05) is 35.9 Å². The number of nitrogens with one attached hydrogen (secondary N) is 1. The summed E-state index contributed by atoms with van der Waals surface area (Å²) < 4.78 is 5.79. The lowest BCUT2D eigenvalue weighted by molar-refractivity contribution is 0.309. The van der Waals surface area contributed by atoms with E-state index in [-0.39, 0.29) is 5.56 Å². The third-order valence-corrected chi connectivity index (χ3v) is 3.28. The number of aromatic amines is 1. The minimum absolute atomic E-state index is 0.139. The SMILES string of the molecule is O=c1ccc2cccc(OCc3ccc(Cl)cc3)c2[nH]1. The predicted molar refractivity (Wildman–Crippen MR) is 80.4 cm³/mol. The first-order chi connectivity index (χ1) is 9.72. The van der Waals surface area contributed by atoms with Gasteiger partial charge in [-0.15, -0.1) is 0 Å². The lowest BCUT2D eigenvalue weighted by atomic mass is 10.2. The molecular weight excluding hydrogens is 274 g/mol. The molecule has 0 spiro atoms. The molecule has 0 aliphatic heterocycles. The van der Waals surface area contributed by atoms with E-state index in [1.165, 1.54) is 6.07 Å². The summed E-state index contributed by atoms with van der Waals surface area (Å²) in [6.07, 6.45) is 0. The maximum atomic E-state index is 11.4. The molecule has 0 aliphatic rings. The third kappa shape index (κ3) is 2.68. The van der Waals surface area contributed by atoms with Crippen molar-refractivity contribution < 1.29 is 4.74 Å². The molecule has 100 valence electrons. The van der Waals surface area contributed by atoms with E-state index in [1.807, 2.05) is 42.5 Å². The van der Waals surface area contributed by atoms with Gasteiger partial charge < -0.3 is 9.72 Å². The molecule has 1 N–H and O–H groups in total. The highest BCUT2D eigenvalue weighted by molar-refractivity contribution is 6.30. The number of hydrogen-bond donors (Lipinski definition) is 1. The molecule has 2 aromatic carbocycles. The summed E-state index contributed by atoms with van der Waals surface area (Å²) in [5.41, 5.74) is 1.60. The first kappa shape index (κ1) is 12.8. The molecule has 0 atom stereocenters. The fourth-order valence-corrected chi connectivity index (χ4v) is 2.14. The standard InChI is InChI=1S/C16H12ClNO2/c17-13-7-4-11(5-8-13)10-20-14-3-1-2-12-6-9-15(19)18-16(12)14/h1-9H,10H2,(H,18,19). The Morgan fingerprint density at radius 1 is 1.00 bits per heavy atom. The van der Waals surface area contributed by atoms with Crippen molar-refractivity contribution >= 4 is 22.5 Å². The van der Waals surface area contributed by atoms with Gasteiger partial charge >= 0.3 is 0 Å². The number of fused-ring (bicyclic) bond motifs is 1. The highest BCUT2D eigenvalue weighted by Crippen LogP contribution is 2.23. The average Bonchev–Trinajstić information content (AvgIpc) is 2.47. The quantitative estimate of drug-likeness (QED) is 0.796. The Morgan fingerprint density at radius 2 is 1.80 bits per heavy atom. The van der Waals surface area contributed by atoms with Crippen LogP contribution in [0.3, 0.4) is 0 Å². The first-order valence-electron chi connectivity index (χ1n) is 6.22. The summed E-state index contributed by atoms with van der Waals surface area (Å²) in [6, 6.07) is 16.4. The van der Waals surface area contributed by atoms with Crippen molar-refractivity contribution in [3.8, 4) is 5.75 Å². The Labute approximate surface area is 120 Å². The monoisotopic (exact) mass is 285 g/mol. The van der Waals surface area contributed by atoms with E-state index in [0.717, 1.165) is 10.9 Å². The number of hydrogen-bond acceptors (Lipinski definition) is 2. The number of pyridine rings is 1. The van der Waals surface area contributed by atoms with Crippen LogP contribution in [0.2, 0.25) is 5.02 Å². The second kappa shape index (κ2) is 5.39. The Hall–Kier alpha value is -2.26. The second-order valence-corrected chi connectivity index (χ2v) is 4.89. The molecule has 1 heterocycles. The summed E-state index contributed by atoms with van der Waals surface area (Å²) in [7, 11) is 0. The molecule has 0 unspecified atom stereocenters. The van der Waals surface area contributed by atoms with Crippen molar-refractivity contribution in [2.24, 2.45) is 0 Å². The van der Waals surface area contributed by atoms with Crippen LogP contribution in [0.5, 0.6) is 5.75 Å². The Balaban J connectivity index is 1.89. The van der Waals surface area contributed by atoms with Gasteiger partial charge in [-0.3, -0.25) is 4.79 Å². The van der Waals surface area contributed by atoms with E-state index < -0.39 is 0 Å². The normalized spacial score (nSPS) is 10.7. The first-order valence-corrected chi connectivity index (χ1v) is 6.59. The predicted octanol–water partition coefficient (Wildman–Crippen LogP) is 3.76. The molecule has 0 saturated heterocycles. The molecule has 3 rings (SSSR count). The van der Waals surface area contributed by atoms with Gasteiger partial charge in [0.1, 0.15) is 12.4 Å². The molecule has 4 heteroatoms. The average molecular weight is 286 g/mol. The maximum absolute atomic E-state index is 11.4. The summed E-state index contributed by atoms with van der Waals surface area (Å²) in [4.78, 5) is 14.2. The third-order valence-electron chi connectivity index (χ3n) is 3.03. The van der Waals surface area contributed by atoms with Gasteiger partial charge in [0.25, 0.3) is 0 Å². The summed E-state index contributed by atoms with van der Waals surface area (Å²) >= 11 is 5.84. The smallest absolute Gasteiger partial charge is 0.248 e. The molecule has 20 heavy (non-hydrogen) atoms. The van der Waals surface area contributed by atoms with Gasteiger partial charge in [0.2, 0.25) is 5.56 Å². The highest BCUT2D eigenvalue weighted by atomic mass is 35.5. The van der Waals surface area contributed by atoms with Crippen LogP contribution in [0.15, 0.2) is 59.4 Å². The van der Waals surface area contributed by atoms with E-state index in [2.05, 4.69) is 4.98 Å². The van der Waals surface area contributed by atoms with E-state index in [0.29, 0.717) is 22.9 Å². The van der Waals surface area contributed by atoms with Crippen LogP contribution in [-0.4, -0.2) is 4.98 Å². The summed E-state index contributed by atoms with van der Waals surface area (Å²) in [5.74, 6) is 0.662. The van der Waals surface area contributed by atoms with Crippen LogP contribution in [0.4, 0.5) is 0 Å². The molecular formula is C16H12ClNO2.